The van der Waals surface area contributed by atoms with Crippen molar-refractivity contribution in [2.45, 2.75) is 26.1 Å². The van der Waals surface area contributed by atoms with Crippen LogP contribution >= 0.6 is 0 Å². The van der Waals surface area contributed by atoms with Gasteiger partial charge in [-0.05, 0) is 31.2 Å². The average molecular weight is 459 g/mol. The molecule has 0 fully saturated rings. The molecular weight excluding hydrogens is 432 g/mol. The molecule has 6 heteroatoms. The highest BCUT2D eigenvalue weighted by molar-refractivity contribution is 6.03. The molecule has 0 radical (unpaired) electrons. The van der Waals surface area contributed by atoms with Gasteiger partial charge in [-0.25, -0.2) is 9.97 Å². The van der Waals surface area contributed by atoms with Crippen molar-refractivity contribution in [1.82, 2.24) is 30.6 Å². The summed E-state index contributed by atoms with van der Waals surface area (Å²) in [5.41, 5.74) is 5.84. The molecule has 0 aliphatic heterocycles. The van der Waals surface area contributed by atoms with Gasteiger partial charge in [-0.2, -0.15) is 0 Å². The van der Waals surface area contributed by atoms with Crippen LogP contribution in [0.1, 0.15) is 18.3 Å². The van der Waals surface area contributed by atoms with Crippen LogP contribution in [0, 0.1) is 0 Å². The van der Waals surface area contributed by atoms with E-state index in [2.05, 4.69) is 88.2 Å². The highest BCUT2D eigenvalue weighted by atomic mass is 15.0. The van der Waals surface area contributed by atoms with Crippen molar-refractivity contribution in [3.63, 3.8) is 0 Å². The maximum atomic E-state index is 4.90. The lowest BCUT2D eigenvalue weighted by Gasteiger charge is -2.15. The van der Waals surface area contributed by atoms with Crippen molar-refractivity contribution < 1.29 is 0 Å². The molecule has 0 saturated heterocycles. The first-order valence-electron chi connectivity index (χ1n) is 12.0. The van der Waals surface area contributed by atoms with Crippen molar-refractivity contribution in [3.05, 3.63) is 96.6 Å². The average Bonchev–Trinajstić information content (AvgIpc) is 2.91. The fraction of sp³-hybridized carbons (Fsp3) is 0.172. The summed E-state index contributed by atoms with van der Waals surface area (Å²) >= 11 is 0. The van der Waals surface area contributed by atoms with Gasteiger partial charge in [0.15, 0.2) is 0 Å². The van der Waals surface area contributed by atoms with Gasteiger partial charge in [0, 0.05) is 59.6 Å². The van der Waals surface area contributed by atoms with E-state index < -0.39 is 0 Å². The zero-order valence-electron chi connectivity index (χ0n) is 19.6. The first-order valence-corrected chi connectivity index (χ1v) is 12.0. The summed E-state index contributed by atoms with van der Waals surface area (Å²) in [5.74, 6) is 0. The van der Waals surface area contributed by atoms with Crippen LogP contribution in [0.5, 0.6) is 0 Å². The predicted molar refractivity (Wildman–Crippen MR) is 142 cm³/mol. The van der Waals surface area contributed by atoms with E-state index in [0.29, 0.717) is 13.1 Å². The van der Waals surface area contributed by atoms with E-state index in [1.165, 1.54) is 0 Å². The monoisotopic (exact) mass is 458 g/mol. The molecule has 6 rings (SSSR count). The van der Waals surface area contributed by atoms with Gasteiger partial charge in [0.05, 0.1) is 33.5 Å². The van der Waals surface area contributed by atoms with Crippen molar-refractivity contribution in [2.24, 2.45) is 0 Å². The van der Waals surface area contributed by atoms with Crippen molar-refractivity contribution in [1.29, 1.82) is 0 Å². The lowest BCUT2D eigenvalue weighted by molar-refractivity contribution is 0.496. The van der Waals surface area contributed by atoms with Crippen LogP contribution < -0.4 is 10.6 Å². The minimum absolute atomic E-state index is 0.279. The molecular formula is C29H26N6. The highest BCUT2D eigenvalue weighted by Crippen LogP contribution is 2.23. The van der Waals surface area contributed by atoms with Gasteiger partial charge in [0.25, 0.3) is 0 Å². The number of nitrogens with one attached hydrogen (secondary N) is 2. The maximum absolute atomic E-state index is 4.90. The summed E-state index contributed by atoms with van der Waals surface area (Å²) < 4.78 is 0. The summed E-state index contributed by atoms with van der Waals surface area (Å²) in [6.07, 6.45) is 3.65. The quantitative estimate of drug-likeness (QED) is 0.322. The van der Waals surface area contributed by atoms with Gasteiger partial charge in [0.2, 0.25) is 0 Å². The number of pyridine rings is 4. The third-order valence-electron chi connectivity index (χ3n) is 6.37. The van der Waals surface area contributed by atoms with E-state index in [1.54, 1.807) is 0 Å². The molecule has 0 bridgehead atoms. The molecule has 2 aromatic carbocycles. The predicted octanol–water partition coefficient (Wildman–Crippen LogP) is 5.15. The Morgan fingerprint density at radius 1 is 0.600 bits per heavy atom. The lowest BCUT2D eigenvalue weighted by Crippen LogP contribution is -2.36. The molecule has 0 aliphatic carbocycles. The van der Waals surface area contributed by atoms with Crippen molar-refractivity contribution >= 4 is 43.6 Å². The number of nitrogens with zero attached hydrogens (tertiary/aromatic N) is 4. The molecule has 172 valence electrons. The Morgan fingerprint density at radius 2 is 1.09 bits per heavy atom. The van der Waals surface area contributed by atoms with Crippen LogP contribution in [0.25, 0.3) is 43.6 Å². The second-order valence-corrected chi connectivity index (χ2v) is 8.94. The number of benzene rings is 2. The smallest absolute Gasteiger partial charge is 0.0968 e. The molecule has 0 saturated carbocycles. The lowest BCUT2D eigenvalue weighted by atomic mass is 10.1. The van der Waals surface area contributed by atoms with E-state index in [0.717, 1.165) is 61.5 Å². The normalized spacial score (nSPS) is 12.6. The molecule has 0 amide bonds. The first-order chi connectivity index (χ1) is 17.2. The van der Waals surface area contributed by atoms with E-state index in [1.807, 2.05) is 24.5 Å². The van der Waals surface area contributed by atoms with Crippen LogP contribution in [0.2, 0.25) is 0 Å². The molecule has 0 aliphatic rings. The minimum Gasteiger partial charge on any atom is -0.310 e. The Hall–Kier alpha value is -4.00. The van der Waals surface area contributed by atoms with E-state index in [-0.39, 0.29) is 6.04 Å². The Kier molecular flexibility index (Phi) is 5.74. The number of aromatic nitrogens is 4. The van der Waals surface area contributed by atoms with E-state index in [9.17, 15) is 0 Å². The van der Waals surface area contributed by atoms with Crippen LogP contribution in [0.4, 0.5) is 0 Å². The number of hydrogen-bond donors (Lipinski definition) is 2. The molecule has 1 atom stereocenters. The van der Waals surface area contributed by atoms with E-state index in [4.69, 9.17) is 9.97 Å². The third-order valence-corrected chi connectivity index (χ3v) is 6.37. The zero-order valence-corrected chi connectivity index (χ0v) is 19.6. The van der Waals surface area contributed by atoms with Crippen LogP contribution in [0.15, 0.2) is 85.2 Å². The fourth-order valence-corrected chi connectivity index (χ4v) is 4.49. The van der Waals surface area contributed by atoms with Crippen molar-refractivity contribution in [3.8, 4) is 0 Å². The summed E-state index contributed by atoms with van der Waals surface area (Å²) in [7, 11) is 0. The molecule has 4 heterocycles. The van der Waals surface area contributed by atoms with Crippen LogP contribution in [0.3, 0.4) is 0 Å². The van der Waals surface area contributed by atoms with Gasteiger partial charge in [-0.1, -0.05) is 48.5 Å². The Morgan fingerprint density at radius 3 is 1.66 bits per heavy atom. The summed E-state index contributed by atoms with van der Waals surface area (Å²) in [6, 6.07) is 25.2. The van der Waals surface area contributed by atoms with Gasteiger partial charge >= 0.3 is 0 Å². The summed E-state index contributed by atoms with van der Waals surface area (Å²) in [6.45, 7) is 4.41. The Balaban J connectivity index is 1.09. The van der Waals surface area contributed by atoms with Crippen LogP contribution in [-0.4, -0.2) is 32.5 Å². The van der Waals surface area contributed by atoms with Crippen LogP contribution in [-0.2, 0) is 13.1 Å². The second-order valence-electron chi connectivity index (χ2n) is 8.94. The van der Waals surface area contributed by atoms with Gasteiger partial charge < -0.3 is 10.6 Å². The molecule has 6 aromatic rings. The van der Waals surface area contributed by atoms with E-state index >= 15 is 0 Å². The second kappa shape index (κ2) is 9.33. The SMILES string of the molecule is CC(CNCc1ccc2ccc3cccnc3c2n1)NCc1ccc2ccc3cccnc3c2n1. The summed E-state index contributed by atoms with van der Waals surface area (Å²) in [4.78, 5) is 18.9. The molecule has 35 heavy (non-hydrogen) atoms. The fourth-order valence-electron chi connectivity index (χ4n) is 4.49. The highest BCUT2D eigenvalue weighted by Gasteiger charge is 2.08. The molecule has 6 nitrogen and oxygen atoms in total. The molecule has 4 aromatic heterocycles. The molecule has 2 N–H and O–H groups in total. The maximum Gasteiger partial charge on any atom is 0.0968 e. The third kappa shape index (κ3) is 4.41. The molecule has 1 unspecified atom stereocenters. The number of rotatable bonds is 7. The zero-order chi connectivity index (χ0) is 23.6. The summed E-state index contributed by atoms with van der Waals surface area (Å²) in [5, 5.41) is 11.6. The van der Waals surface area contributed by atoms with Gasteiger partial charge in [0.1, 0.15) is 0 Å². The number of hydrogen-bond acceptors (Lipinski definition) is 6. The number of fused-ring (bicyclic) bond motifs is 6. The molecule has 0 spiro atoms. The first kappa shape index (κ1) is 21.5. The van der Waals surface area contributed by atoms with Gasteiger partial charge in [-0.3, -0.25) is 9.97 Å². The standard InChI is InChI=1S/C29H26N6/c1-19(33-18-25-13-11-23-9-7-21-5-3-15-32-27(21)29(23)35-25)16-30-17-24-12-10-22-8-6-20-4-2-14-31-26(20)28(22)34-24/h2-15,19,30,33H,16-18H2,1H3. The Labute approximate surface area is 203 Å². The van der Waals surface area contributed by atoms with Gasteiger partial charge in [-0.15, -0.1) is 0 Å². The minimum atomic E-state index is 0.279. The largest absolute Gasteiger partial charge is 0.310 e. The Bertz CT molecular complexity index is 1660. The van der Waals surface area contributed by atoms with Crippen molar-refractivity contribution in [2.75, 3.05) is 6.54 Å². The topological polar surface area (TPSA) is 75.6 Å².